The smallest absolute Gasteiger partial charge is 0.293 e. The van der Waals surface area contributed by atoms with Gasteiger partial charge in [-0.3, -0.25) is 10.1 Å². The Bertz CT molecular complexity index is 1160. The third-order valence-electron chi connectivity index (χ3n) is 4.08. The molecule has 1 amide bonds. The zero-order valence-electron chi connectivity index (χ0n) is 15.6. The van der Waals surface area contributed by atoms with Crippen LogP contribution in [0, 0.1) is 11.6 Å². The Morgan fingerprint density at radius 1 is 1.07 bits per heavy atom. The molecular weight excluding hydrogens is 394 g/mol. The number of rotatable bonds is 7. The zero-order valence-corrected chi connectivity index (χ0v) is 15.6. The highest BCUT2D eigenvalue weighted by Gasteiger charge is 2.14. The second-order valence-corrected chi connectivity index (χ2v) is 6.36. The molecule has 0 aliphatic rings. The van der Waals surface area contributed by atoms with E-state index in [1.807, 2.05) is 0 Å². The van der Waals surface area contributed by atoms with Crippen molar-refractivity contribution in [3.8, 4) is 5.75 Å². The summed E-state index contributed by atoms with van der Waals surface area (Å²) in [5.74, 6) is -0.150. The summed E-state index contributed by atoms with van der Waals surface area (Å²) in [6, 6.07) is 14.8. The third-order valence-corrected chi connectivity index (χ3v) is 4.08. The van der Waals surface area contributed by atoms with E-state index in [1.165, 1.54) is 53.5 Å². The number of amides is 1. The standard InChI is InChI=1S/C21H16F2N4O3/c22-15-4-6-17(7-5-15)29-12-18-8-9-19(30-18)20(28)25-21-24-13-27(26-21)11-14-2-1-3-16(23)10-14/h1-10,13H,11-12H2,(H,25,26,28). The number of nitrogens with zero attached hydrogens (tertiary/aromatic N) is 3. The number of carbonyl (C=O) groups excluding carboxylic acids is 1. The molecule has 1 N–H and O–H groups in total. The molecule has 0 unspecified atom stereocenters. The van der Waals surface area contributed by atoms with Crippen molar-refractivity contribution in [3.63, 3.8) is 0 Å². The van der Waals surface area contributed by atoms with E-state index in [9.17, 15) is 13.6 Å². The van der Waals surface area contributed by atoms with Crippen LogP contribution in [0.4, 0.5) is 14.7 Å². The monoisotopic (exact) mass is 410 g/mol. The van der Waals surface area contributed by atoms with E-state index >= 15 is 0 Å². The van der Waals surface area contributed by atoms with Crippen LogP contribution in [0.1, 0.15) is 21.9 Å². The highest BCUT2D eigenvalue weighted by Crippen LogP contribution is 2.16. The quantitative estimate of drug-likeness (QED) is 0.498. The summed E-state index contributed by atoms with van der Waals surface area (Å²) in [5.41, 5.74) is 0.717. The Balaban J connectivity index is 1.33. The molecule has 0 saturated carbocycles. The fourth-order valence-electron chi connectivity index (χ4n) is 2.68. The van der Waals surface area contributed by atoms with E-state index < -0.39 is 5.91 Å². The molecule has 0 radical (unpaired) electrons. The molecule has 0 aliphatic heterocycles. The van der Waals surface area contributed by atoms with E-state index in [4.69, 9.17) is 9.15 Å². The lowest BCUT2D eigenvalue weighted by Gasteiger charge is -2.03. The molecule has 0 bridgehead atoms. The number of ether oxygens (including phenoxy) is 1. The fourth-order valence-corrected chi connectivity index (χ4v) is 2.68. The highest BCUT2D eigenvalue weighted by molar-refractivity contribution is 6.01. The van der Waals surface area contributed by atoms with Crippen LogP contribution in [-0.4, -0.2) is 20.7 Å². The Hall–Kier alpha value is -4.01. The van der Waals surface area contributed by atoms with Gasteiger partial charge >= 0.3 is 0 Å². The van der Waals surface area contributed by atoms with Gasteiger partial charge < -0.3 is 9.15 Å². The van der Waals surface area contributed by atoms with Crippen LogP contribution in [0.2, 0.25) is 0 Å². The summed E-state index contributed by atoms with van der Waals surface area (Å²) < 4.78 is 38.6. The number of aromatic nitrogens is 3. The summed E-state index contributed by atoms with van der Waals surface area (Å²) in [6.07, 6.45) is 1.44. The Kier molecular flexibility index (Phi) is 5.51. The molecule has 0 atom stereocenters. The molecule has 7 nitrogen and oxygen atoms in total. The molecule has 2 heterocycles. The molecule has 30 heavy (non-hydrogen) atoms. The summed E-state index contributed by atoms with van der Waals surface area (Å²) in [4.78, 5) is 16.3. The van der Waals surface area contributed by atoms with E-state index in [-0.39, 0.29) is 29.9 Å². The van der Waals surface area contributed by atoms with Gasteiger partial charge in [-0.15, -0.1) is 5.10 Å². The maximum atomic E-state index is 13.3. The normalized spacial score (nSPS) is 10.7. The first-order valence-electron chi connectivity index (χ1n) is 8.97. The molecule has 0 saturated heterocycles. The SMILES string of the molecule is O=C(Nc1ncn(Cc2cccc(F)c2)n1)c1ccc(COc2ccc(F)cc2)o1. The second-order valence-electron chi connectivity index (χ2n) is 6.36. The van der Waals surface area contributed by atoms with Gasteiger partial charge in [-0.2, -0.15) is 0 Å². The average Bonchev–Trinajstić information content (AvgIpc) is 3.37. The first-order chi connectivity index (χ1) is 14.5. The fraction of sp³-hybridized carbons (Fsp3) is 0.0952. The maximum Gasteiger partial charge on any atom is 0.293 e. The molecule has 0 aliphatic carbocycles. The van der Waals surface area contributed by atoms with Crippen LogP contribution >= 0.6 is 0 Å². The van der Waals surface area contributed by atoms with Gasteiger partial charge in [-0.1, -0.05) is 12.1 Å². The number of halogens is 2. The van der Waals surface area contributed by atoms with E-state index in [0.717, 1.165) is 5.56 Å². The van der Waals surface area contributed by atoms with Crippen LogP contribution < -0.4 is 10.1 Å². The predicted octanol–water partition coefficient (Wildman–Crippen LogP) is 4.03. The lowest BCUT2D eigenvalue weighted by Crippen LogP contribution is -2.12. The number of anilines is 1. The number of carbonyl (C=O) groups is 1. The largest absolute Gasteiger partial charge is 0.486 e. The lowest BCUT2D eigenvalue weighted by atomic mass is 10.2. The van der Waals surface area contributed by atoms with Crippen molar-refractivity contribution in [2.24, 2.45) is 0 Å². The van der Waals surface area contributed by atoms with Crippen molar-refractivity contribution in [2.45, 2.75) is 13.2 Å². The van der Waals surface area contributed by atoms with E-state index in [1.54, 1.807) is 18.2 Å². The predicted molar refractivity (Wildman–Crippen MR) is 103 cm³/mol. The van der Waals surface area contributed by atoms with Crippen LogP contribution in [0.5, 0.6) is 5.75 Å². The van der Waals surface area contributed by atoms with Gasteiger partial charge in [0, 0.05) is 0 Å². The first-order valence-corrected chi connectivity index (χ1v) is 8.97. The van der Waals surface area contributed by atoms with Crippen molar-refractivity contribution >= 4 is 11.9 Å². The van der Waals surface area contributed by atoms with Crippen LogP contribution in [0.3, 0.4) is 0 Å². The Labute approximate surface area is 169 Å². The second kappa shape index (κ2) is 8.56. The molecule has 0 fully saturated rings. The molecule has 4 aromatic rings. The maximum absolute atomic E-state index is 13.3. The minimum absolute atomic E-state index is 0.0641. The molecule has 4 rings (SSSR count). The van der Waals surface area contributed by atoms with Crippen molar-refractivity contribution in [3.05, 3.63) is 95.7 Å². The Morgan fingerprint density at radius 2 is 1.90 bits per heavy atom. The summed E-state index contributed by atoms with van der Waals surface area (Å²) in [7, 11) is 0. The number of furan rings is 1. The minimum atomic E-state index is -0.522. The third kappa shape index (κ3) is 4.88. The number of nitrogens with one attached hydrogen (secondary N) is 1. The molecule has 2 aromatic carbocycles. The van der Waals surface area contributed by atoms with E-state index in [0.29, 0.717) is 18.1 Å². The number of hydrogen-bond donors (Lipinski definition) is 1. The van der Waals surface area contributed by atoms with Crippen LogP contribution in [0.25, 0.3) is 0 Å². The minimum Gasteiger partial charge on any atom is -0.486 e. The molecular formula is C21H16F2N4O3. The highest BCUT2D eigenvalue weighted by atomic mass is 19.1. The Morgan fingerprint density at radius 3 is 2.70 bits per heavy atom. The molecule has 0 spiro atoms. The van der Waals surface area contributed by atoms with Crippen LogP contribution in [0.15, 0.2) is 71.4 Å². The molecule has 9 heteroatoms. The summed E-state index contributed by atoms with van der Waals surface area (Å²) in [6.45, 7) is 0.395. The first kappa shape index (κ1) is 19.3. The summed E-state index contributed by atoms with van der Waals surface area (Å²) in [5, 5.41) is 6.68. The van der Waals surface area contributed by atoms with Crippen molar-refractivity contribution in [2.75, 3.05) is 5.32 Å². The van der Waals surface area contributed by atoms with Gasteiger partial charge in [0.1, 0.15) is 36.1 Å². The van der Waals surface area contributed by atoms with Gasteiger partial charge in [0.2, 0.25) is 5.95 Å². The van der Waals surface area contributed by atoms with Crippen LogP contribution in [-0.2, 0) is 13.2 Å². The van der Waals surface area contributed by atoms with Crippen molar-refractivity contribution < 1.29 is 22.7 Å². The topological polar surface area (TPSA) is 82.2 Å². The molecule has 152 valence electrons. The number of benzene rings is 2. The van der Waals surface area contributed by atoms with Gasteiger partial charge in [-0.05, 0) is 54.1 Å². The van der Waals surface area contributed by atoms with Gasteiger partial charge in [0.15, 0.2) is 5.76 Å². The number of hydrogen-bond acceptors (Lipinski definition) is 5. The van der Waals surface area contributed by atoms with Gasteiger partial charge in [-0.25, -0.2) is 18.4 Å². The summed E-state index contributed by atoms with van der Waals surface area (Å²) >= 11 is 0. The lowest BCUT2D eigenvalue weighted by molar-refractivity contribution is 0.0991. The van der Waals surface area contributed by atoms with Crippen molar-refractivity contribution in [1.29, 1.82) is 0 Å². The molecule has 2 aromatic heterocycles. The zero-order chi connectivity index (χ0) is 20.9. The van der Waals surface area contributed by atoms with E-state index in [2.05, 4.69) is 15.4 Å². The van der Waals surface area contributed by atoms with Gasteiger partial charge in [0.25, 0.3) is 5.91 Å². The van der Waals surface area contributed by atoms with Crippen molar-refractivity contribution in [1.82, 2.24) is 14.8 Å². The average molecular weight is 410 g/mol. The van der Waals surface area contributed by atoms with Gasteiger partial charge in [0.05, 0.1) is 6.54 Å².